The molecule has 1 fully saturated rings. The number of hydrogen-bond donors (Lipinski definition) is 1. The lowest BCUT2D eigenvalue weighted by molar-refractivity contribution is 0.458. The number of nitrogens with zero attached hydrogens (tertiary/aromatic N) is 2. The molecule has 0 amide bonds. The van der Waals surface area contributed by atoms with Crippen molar-refractivity contribution < 1.29 is 0 Å². The number of nitrogens with one attached hydrogen (secondary N) is 1. The zero-order valence-electron chi connectivity index (χ0n) is 10.8. The van der Waals surface area contributed by atoms with Crippen LogP contribution < -0.4 is 5.32 Å². The van der Waals surface area contributed by atoms with Crippen LogP contribution in [-0.2, 0) is 13.6 Å². The van der Waals surface area contributed by atoms with E-state index in [2.05, 4.69) is 10.4 Å². The summed E-state index contributed by atoms with van der Waals surface area (Å²) in [7, 11) is 1.89. The van der Waals surface area contributed by atoms with Gasteiger partial charge in [0.25, 0.3) is 0 Å². The third kappa shape index (κ3) is 3.23. The Bertz CT molecular complexity index is 365. The summed E-state index contributed by atoms with van der Waals surface area (Å²) in [6.07, 6.45) is 8.11. The van der Waals surface area contributed by atoms with Gasteiger partial charge in [-0.3, -0.25) is 4.68 Å². The third-order valence-corrected chi connectivity index (χ3v) is 4.17. The highest BCUT2D eigenvalue weighted by Gasteiger charge is 2.15. The first-order valence-electron chi connectivity index (χ1n) is 6.60. The van der Waals surface area contributed by atoms with E-state index in [9.17, 15) is 0 Å². The quantitative estimate of drug-likeness (QED) is 0.841. The molecule has 1 aromatic heterocycles. The van der Waals surface area contributed by atoms with Crippen LogP contribution in [0.15, 0.2) is 0 Å². The minimum atomic E-state index is 0.660. The van der Waals surface area contributed by atoms with E-state index in [1.165, 1.54) is 38.5 Å². The molecule has 1 aliphatic carbocycles. The Hall–Kier alpha value is -0.540. The standard InChI is InChI=1S/C13H22ClN3/c1-10-12(13(14)17(2)16-10)9-15-11-7-5-3-4-6-8-11/h11,15H,3-9H2,1-2H3. The molecule has 0 spiro atoms. The fourth-order valence-corrected chi connectivity index (χ4v) is 2.85. The van der Waals surface area contributed by atoms with Gasteiger partial charge in [-0.05, 0) is 19.8 Å². The van der Waals surface area contributed by atoms with Crippen molar-refractivity contribution in [3.05, 3.63) is 16.4 Å². The van der Waals surface area contributed by atoms with Crippen molar-refractivity contribution in [1.82, 2.24) is 15.1 Å². The normalized spacial score (nSPS) is 18.3. The summed E-state index contributed by atoms with van der Waals surface area (Å²) >= 11 is 6.22. The molecule has 0 saturated heterocycles. The fourth-order valence-electron chi connectivity index (χ4n) is 2.60. The molecule has 17 heavy (non-hydrogen) atoms. The molecule has 0 aromatic carbocycles. The first-order chi connectivity index (χ1) is 8.18. The first kappa shape index (κ1) is 12.9. The van der Waals surface area contributed by atoms with Crippen LogP contribution >= 0.6 is 11.6 Å². The maximum atomic E-state index is 6.22. The summed E-state index contributed by atoms with van der Waals surface area (Å²) in [5, 5.41) is 8.74. The van der Waals surface area contributed by atoms with Gasteiger partial charge in [0, 0.05) is 25.2 Å². The highest BCUT2D eigenvalue weighted by Crippen LogP contribution is 2.21. The molecule has 96 valence electrons. The molecule has 0 unspecified atom stereocenters. The van der Waals surface area contributed by atoms with Gasteiger partial charge in [0.1, 0.15) is 5.15 Å². The SMILES string of the molecule is Cc1nn(C)c(Cl)c1CNC1CCCCCC1. The highest BCUT2D eigenvalue weighted by molar-refractivity contribution is 6.30. The van der Waals surface area contributed by atoms with Gasteiger partial charge < -0.3 is 5.32 Å². The van der Waals surface area contributed by atoms with Crippen LogP contribution in [0.2, 0.25) is 5.15 Å². The Morgan fingerprint density at radius 2 is 1.94 bits per heavy atom. The maximum absolute atomic E-state index is 6.22. The second-order valence-corrected chi connectivity index (χ2v) is 5.41. The summed E-state index contributed by atoms with van der Waals surface area (Å²) in [4.78, 5) is 0. The fraction of sp³-hybridized carbons (Fsp3) is 0.769. The Kier molecular flexibility index (Phi) is 4.46. The van der Waals surface area contributed by atoms with Gasteiger partial charge in [-0.2, -0.15) is 5.10 Å². The molecule has 0 bridgehead atoms. The van der Waals surface area contributed by atoms with Gasteiger partial charge in [0.2, 0.25) is 0 Å². The molecule has 0 atom stereocenters. The predicted octanol–water partition coefficient (Wildman–Crippen LogP) is 3.19. The van der Waals surface area contributed by atoms with Crippen molar-refractivity contribution in [3.8, 4) is 0 Å². The second-order valence-electron chi connectivity index (χ2n) is 5.05. The van der Waals surface area contributed by atoms with Crippen molar-refractivity contribution in [1.29, 1.82) is 0 Å². The molecule has 1 aliphatic rings. The van der Waals surface area contributed by atoms with Crippen LogP contribution in [0.25, 0.3) is 0 Å². The Morgan fingerprint density at radius 1 is 1.29 bits per heavy atom. The average Bonchev–Trinajstić information content (AvgIpc) is 2.53. The first-order valence-corrected chi connectivity index (χ1v) is 6.97. The van der Waals surface area contributed by atoms with E-state index in [1.54, 1.807) is 4.68 Å². The molecule has 3 nitrogen and oxygen atoms in total. The topological polar surface area (TPSA) is 29.9 Å². The molecule has 1 heterocycles. The summed E-state index contributed by atoms with van der Waals surface area (Å²) in [6, 6.07) is 0.660. The van der Waals surface area contributed by atoms with Gasteiger partial charge in [-0.15, -0.1) is 0 Å². The van der Waals surface area contributed by atoms with Gasteiger partial charge in [-0.1, -0.05) is 37.3 Å². The number of aryl methyl sites for hydroxylation is 2. The van der Waals surface area contributed by atoms with Crippen molar-refractivity contribution >= 4 is 11.6 Å². The molecule has 1 N–H and O–H groups in total. The third-order valence-electron chi connectivity index (χ3n) is 3.69. The maximum Gasteiger partial charge on any atom is 0.131 e. The van der Waals surface area contributed by atoms with E-state index in [0.29, 0.717) is 6.04 Å². The zero-order chi connectivity index (χ0) is 12.3. The van der Waals surface area contributed by atoms with Gasteiger partial charge in [-0.25, -0.2) is 0 Å². The Labute approximate surface area is 109 Å². The van der Waals surface area contributed by atoms with Crippen LogP contribution in [0.4, 0.5) is 0 Å². The Morgan fingerprint density at radius 3 is 2.47 bits per heavy atom. The summed E-state index contributed by atoms with van der Waals surface area (Å²) in [5.74, 6) is 0. The van der Waals surface area contributed by atoms with E-state index >= 15 is 0 Å². The molecule has 0 radical (unpaired) electrons. The molecule has 1 aromatic rings. The largest absolute Gasteiger partial charge is 0.310 e. The smallest absolute Gasteiger partial charge is 0.131 e. The molecule has 4 heteroatoms. The minimum absolute atomic E-state index is 0.660. The second kappa shape index (κ2) is 5.87. The van der Waals surface area contributed by atoms with Crippen LogP contribution in [0.3, 0.4) is 0 Å². The molecular formula is C13H22ClN3. The van der Waals surface area contributed by atoms with E-state index in [4.69, 9.17) is 11.6 Å². The summed E-state index contributed by atoms with van der Waals surface area (Å²) in [5.41, 5.74) is 2.19. The average molecular weight is 256 g/mol. The van der Waals surface area contributed by atoms with Crippen LogP contribution in [0, 0.1) is 6.92 Å². The number of halogens is 1. The van der Waals surface area contributed by atoms with Crippen molar-refractivity contribution in [2.24, 2.45) is 7.05 Å². The molecule has 2 rings (SSSR count). The van der Waals surface area contributed by atoms with Gasteiger partial charge in [0.05, 0.1) is 5.69 Å². The predicted molar refractivity (Wildman–Crippen MR) is 71.3 cm³/mol. The molecule has 1 saturated carbocycles. The number of aromatic nitrogens is 2. The van der Waals surface area contributed by atoms with E-state index in [1.807, 2.05) is 14.0 Å². The minimum Gasteiger partial charge on any atom is -0.310 e. The molecule has 0 aliphatic heterocycles. The van der Waals surface area contributed by atoms with Gasteiger partial charge in [0.15, 0.2) is 0 Å². The van der Waals surface area contributed by atoms with Gasteiger partial charge >= 0.3 is 0 Å². The monoisotopic (exact) mass is 255 g/mol. The number of hydrogen-bond acceptors (Lipinski definition) is 2. The van der Waals surface area contributed by atoms with Crippen molar-refractivity contribution in [3.63, 3.8) is 0 Å². The number of rotatable bonds is 3. The lowest BCUT2D eigenvalue weighted by atomic mass is 10.1. The summed E-state index contributed by atoms with van der Waals surface area (Å²) < 4.78 is 1.75. The van der Waals surface area contributed by atoms with Crippen LogP contribution in [0.5, 0.6) is 0 Å². The van der Waals surface area contributed by atoms with Crippen molar-refractivity contribution in [2.45, 2.75) is 58.0 Å². The lowest BCUT2D eigenvalue weighted by Crippen LogP contribution is -2.28. The lowest BCUT2D eigenvalue weighted by Gasteiger charge is -2.16. The molecular weight excluding hydrogens is 234 g/mol. The van der Waals surface area contributed by atoms with Crippen molar-refractivity contribution in [2.75, 3.05) is 0 Å². The highest BCUT2D eigenvalue weighted by atomic mass is 35.5. The summed E-state index contributed by atoms with van der Waals surface area (Å²) in [6.45, 7) is 2.87. The van der Waals surface area contributed by atoms with E-state index in [-0.39, 0.29) is 0 Å². The van der Waals surface area contributed by atoms with Crippen LogP contribution in [-0.4, -0.2) is 15.8 Å². The Balaban J connectivity index is 1.92. The van der Waals surface area contributed by atoms with E-state index in [0.717, 1.165) is 23.0 Å². The van der Waals surface area contributed by atoms with Crippen LogP contribution in [0.1, 0.15) is 49.8 Å². The zero-order valence-corrected chi connectivity index (χ0v) is 11.6. The van der Waals surface area contributed by atoms with E-state index < -0.39 is 0 Å².